The van der Waals surface area contributed by atoms with Gasteiger partial charge in [-0.1, -0.05) is 12.1 Å². The third-order valence-electron chi connectivity index (χ3n) is 5.23. The van der Waals surface area contributed by atoms with Crippen molar-refractivity contribution >= 4 is 27.3 Å². The predicted octanol–water partition coefficient (Wildman–Crippen LogP) is 3.61. The van der Waals surface area contributed by atoms with Gasteiger partial charge in [0.2, 0.25) is 0 Å². The van der Waals surface area contributed by atoms with Gasteiger partial charge in [-0.2, -0.15) is 0 Å². The van der Waals surface area contributed by atoms with E-state index < -0.39 is 9.84 Å². The summed E-state index contributed by atoms with van der Waals surface area (Å²) in [7, 11) is -3.34. The molecule has 8 heteroatoms. The number of hydrogen-bond donors (Lipinski definition) is 2. The van der Waals surface area contributed by atoms with Gasteiger partial charge in [0.05, 0.1) is 16.2 Å². The number of hydrogen-bond acceptors (Lipinski definition) is 5. The fourth-order valence-electron chi connectivity index (χ4n) is 3.27. The number of benzene rings is 2. The van der Waals surface area contributed by atoms with E-state index in [1.54, 1.807) is 43.5 Å². The van der Waals surface area contributed by atoms with Gasteiger partial charge in [-0.05, 0) is 67.8 Å². The summed E-state index contributed by atoms with van der Waals surface area (Å²) in [4.78, 5) is 29.4. The molecule has 1 aromatic heterocycles. The Morgan fingerprint density at radius 2 is 1.78 bits per heavy atom. The van der Waals surface area contributed by atoms with Crippen molar-refractivity contribution in [3.63, 3.8) is 0 Å². The number of aryl methyl sites for hydroxylation is 1. The number of nitrogens with one attached hydrogen (secondary N) is 2. The Morgan fingerprint density at radius 3 is 2.41 bits per heavy atom. The molecular formula is C24H23N3O4S. The average molecular weight is 450 g/mol. The molecule has 0 bridgehead atoms. The van der Waals surface area contributed by atoms with Gasteiger partial charge in [-0.25, -0.2) is 8.42 Å². The molecular weight excluding hydrogens is 426 g/mol. The van der Waals surface area contributed by atoms with Crippen LogP contribution in [-0.2, 0) is 9.84 Å². The number of sulfone groups is 1. The van der Waals surface area contributed by atoms with Gasteiger partial charge in [0, 0.05) is 35.3 Å². The minimum Gasteiger partial charge on any atom is -0.349 e. The fraction of sp³-hybridized carbons (Fsp3) is 0.208. The second-order valence-electron chi connectivity index (χ2n) is 7.96. The zero-order valence-electron chi connectivity index (χ0n) is 17.8. The lowest BCUT2D eigenvalue weighted by atomic mass is 10.1. The lowest BCUT2D eigenvalue weighted by molar-refractivity contribution is 0.0949. The van der Waals surface area contributed by atoms with Gasteiger partial charge in [0.1, 0.15) is 0 Å². The molecule has 2 aromatic carbocycles. The first-order chi connectivity index (χ1) is 15.2. The van der Waals surface area contributed by atoms with Crippen molar-refractivity contribution in [1.82, 2.24) is 10.3 Å². The average Bonchev–Trinajstić information content (AvgIpc) is 3.57. The number of carbonyl (C=O) groups excluding carboxylic acids is 2. The normalized spacial score (nSPS) is 13.4. The molecule has 32 heavy (non-hydrogen) atoms. The van der Waals surface area contributed by atoms with Crippen molar-refractivity contribution in [3.8, 4) is 11.3 Å². The van der Waals surface area contributed by atoms with E-state index in [9.17, 15) is 18.0 Å². The molecule has 164 valence electrons. The van der Waals surface area contributed by atoms with Crippen LogP contribution in [0.4, 0.5) is 5.69 Å². The standard InChI is InChI=1S/C24H23N3O4S/c1-15-12-20(32(2,30)31)9-10-21(15)24(29)27-19-5-3-4-16(13-19)22-11-6-17(14-25-22)23(28)26-18-7-8-18/h3-6,9-14,18H,7-8H2,1-2H3,(H,26,28)(H,27,29). The van der Waals surface area contributed by atoms with Gasteiger partial charge >= 0.3 is 0 Å². The molecule has 0 unspecified atom stereocenters. The quantitative estimate of drug-likeness (QED) is 0.598. The lowest BCUT2D eigenvalue weighted by Gasteiger charge is -2.10. The van der Waals surface area contributed by atoms with E-state index in [0.717, 1.165) is 24.7 Å². The molecule has 0 spiro atoms. The highest BCUT2D eigenvalue weighted by Gasteiger charge is 2.23. The topological polar surface area (TPSA) is 105 Å². The molecule has 0 atom stereocenters. The molecule has 1 fully saturated rings. The number of pyridine rings is 1. The highest BCUT2D eigenvalue weighted by molar-refractivity contribution is 7.90. The van der Waals surface area contributed by atoms with Gasteiger partial charge in [0.25, 0.3) is 11.8 Å². The van der Waals surface area contributed by atoms with Crippen LogP contribution in [0.25, 0.3) is 11.3 Å². The molecule has 0 aliphatic heterocycles. The highest BCUT2D eigenvalue weighted by atomic mass is 32.2. The van der Waals surface area contributed by atoms with Crippen LogP contribution in [0.3, 0.4) is 0 Å². The number of nitrogens with zero attached hydrogens (tertiary/aromatic N) is 1. The van der Waals surface area contributed by atoms with Gasteiger partial charge in [-0.3, -0.25) is 14.6 Å². The first-order valence-corrected chi connectivity index (χ1v) is 12.1. The minimum atomic E-state index is -3.34. The molecule has 2 amide bonds. The first-order valence-electron chi connectivity index (χ1n) is 10.2. The monoisotopic (exact) mass is 449 g/mol. The maximum absolute atomic E-state index is 12.7. The van der Waals surface area contributed by atoms with Crippen LogP contribution < -0.4 is 10.6 Å². The van der Waals surface area contributed by atoms with Crippen molar-refractivity contribution in [2.24, 2.45) is 0 Å². The number of anilines is 1. The van der Waals surface area contributed by atoms with Crippen LogP contribution in [0.2, 0.25) is 0 Å². The Morgan fingerprint density at radius 1 is 1.00 bits per heavy atom. The summed E-state index contributed by atoms with van der Waals surface area (Å²) in [5.74, 6) is -0.454. The molecule has 1 saturated carbocycles. The molecule has 0 saturated heterocycles. The van der Waals surface area contributed by atoms with Crippen molar-refractivity contribution in [2.75, 3.05) is 11.6 Å². The molecule has 4 rings (SSSR count). The van der Waals surface area contributed by atoms with E-state index >= 15 is 0 Å². The molecule has 1 aliphatic carbocycles. The first kappa shape index (κ1) is 21.7. The number of amides is 2. The van der Waals surface area contributed by atoms with E-state index in [2.05, 4.69) is 15.6 Å². The Hall–Kier alpha value is -3.52. The molecule has 2 N–H and O–H groups in total. The zero-order chi connectivity index (χ0) is 22.9. The van der Waals surface area contributed by atoms with E-state index in [0.29, 0.717) is 28.1 Å². The maximum Gasteiger partial charge on any atom is 0.255 e. The number of carbonyl (C=O) groups is 2. The fourth-order valence-corrected chi connectivity index (χ4v) is 3.98. The Bertz CT molecular complexity index is 1300. The summed E-state index contributed by atoms with van der Waals surface area (Å²) in [5, 5.41) is 5.78. The highest BCUT2D eigenvalue weighted by Crippen LogP contribution is 2.23. The third kappa shape index (κ3) is 5.03. The van der Waals surface area contributed by atoms with Gasteiger partial charge in [0.15, 0.2) is 9.84 Å². The summed E-state index contributed by atoms with van der Waals surface area (Å²) >= 11 is 0. The third-order valence-corrected chi connectivity index (χ3v) is 6.34. The summed E-state index contributed by atoms with van der Waals surface area (Å²) in [6.45, 7) is 1.70. The van der Waals surface area contributed by atoms with Crippen LogP contribution >= 0.6 is 0 Å². The predicted molar refractivity (Wildman–Crippen MR) is 122 cm³/mol. The largest absolute Gasteiger partial charge is 0.349 e. The minimum absolute atomic E-state index is 0.121. The van der Waals surface area contributed by atoms with Crippen LogP contribution in [-0.4, -0.2) is 37.5 Å². The molecule has 0 radical (unpaired) electrons. The van der Waals surface area contributed by atoms with Gasteiger partial charge < -0.3 is 10.6 Å². The second-order valence-corrected chi connectivity index (χ2v) is 9.98. The maximum atomic E-state index is 12.7. The van der Waals surface area contributed by atoms with E-state index in [-0.39, 0.29) is 22.8 Å². The Balaban J connectivity index is 1.49. The van der Waals surface area contributed by atoms with Crippen LogP contribution in [0, 0.1) is 6.92 Å². The van der Waals surface area contributed by atoms with Crippen molar-refractivity contribution < 1.29 is 18.0 Å². The van der Waals surface area contributed by atoms with Gasteiger partial charge in [-0.15, -0.1) is 0 Å². The summed E-state index contributed by atoms with van der Waals surface area (Å²) in [6.07, 6.45) is 4.73. The van der Waals surface area contributed by atoms with E-state index in [4.69, 9.17) is 0 Å². The summed E-state index contributed by atoms with van der Waals surface area (Å²) in [5.41, 5.74) is 3.53. The molecule has 7 nitrogen and oxygen atoms in total. The van der Waals surface area contributed by atoms with Crippen LogP contribution in [0.15, 0.2) is 65.7 Å². The number of rotatable bonds is 6. The summed E-state index contributed by atoms with van der Waals surface area (Å²) in [6, 6.07) is 15.5. The van der Waals surface area contributed by atoms with E-state index in [1.165, 1.54) is 18.2 Å². The Labute approximate surface area is 186 Å². The van der Waals surface area contributed by atoms with Crippen molar-refractivity contribution in [1.29, 1.82) is 0 Å². The zero-order valence-corrected chi connectivity index (χ0v) is 18.6. The molecule has 3 aromatic rings. The van der Waals surface area contributed by atoms with Crippen molar-refractivity contribution in [3.05, 3.63) is 77.5 Å². The SMILES string of the molecule is Cc1cc(S(C)(=O)=O)ccc1C(=O)Nc1cccc(-c2ccc(C(=O)NC3CC3)cn2)c1. The Kier molecular flexibility index (Phi) is 5.80. The van der Waals surface area contributed by atoms with E-state index in [1.807, 2.05) is 6.07 Å². The summed E-state index contributed by atoms with van der Waals surface area (Å²) < 4.78 is 23.4. The number of aromatic nitrogens is 1. The second kappa shape index (κ2) is 8.55. The van der Waals surface area contributed by atoms with Crippen molar-refractivity contribution in [2.45, 2.75) is 30.7 Å². The molecule has 1 heterocycles. The lowest BCUT2D eigenvalue weighted by Crippen LogP contribution is -2.25. The smallest absolute Gasteiger partial charge is 0.255 e. The van der Waals surface area contributed by atoms with Crippen LogP contribution in [0.5, 0.6) is 0 Å². The van der Waals surface area contributed by atoms with Crippen LogP contribution in [0.1, 0.15) is 39.1 Å². The molecule has 1 aliphatic rings.